The number of rotatable bonds is 1. The first-order chi connectivity index (χ1) is 5.11. The molecule has 0 heterocycles. The van der Waals surface area contributed by atoms with Gasteiger partial charge in [0.15, 0.2) is 0 Å². The fraction of sp³-hybridized carbons (Fsp3) is 1.00. The van der Waals surface area contributed by atoms with Crippen LogP contribution in [0.1, 0.15) is 48.0 Å². The summed E-state index contributed by atoms with van der Waals surface area (Å²) in [7, 11) is 0. The number of hydrogen-bond donors (Lipinski definition) is 1. The molecule has 0 radical (unpaired) electrons. The second kappa shape index (κ2) is 2.25. The average molecular weight is 169 g/mol. The summed E-state index contributed by atoms with van der Waals surface area (Å²) in [5.74, 6) is 0. The molecule has 0 aromatic carbocycles. The zero-order valence-electron chi connectivity index (χ0n) is 9.36. The quantitative estimate of drug-likeness (QED) is 0.642. The Kier molecular flexibility index (Phi) is 1.89. The molecule has 2 N–H and O–H groups in total. The van der Waals surface area contributed by atoms with E-state index in [1.807, 2.05) is 0 Å². The van der Waals surface area contributed by atoms with Crippen molar-refractivity contribution in [2.24, 2.45) is 22.0 Å². The molecule has 0 spiro atoms. The van der Waals surface area contributed by atoms with Gasteiger partial charge in [-0.2, -0.15) is 0 Å². The predicted molar refractivity (Wildman–Crippen MR) is 53.9 cm³/mol. The molecule has 2 unspecified atom stereocenters. The zero-order valence-corrected chi connectivity index (χ0v) is 9.36. The molecule has 0 bridgehead atoms. The molecule has 1 heteroatoms. The number of nitrogens with two attached hydrogens (primary N) is 1. The summed E-state index contributed by atoms with van der Waals surface area (Å²) in [6.07, 6.45) is 1.23. The lowest BCUT2D eigenvalue weighted by Crippen LogP contribution is -2.18. The smallest absolute Gasteiger partial charge is 0.0156 e. The molecular formula is C11H23N. The predicted octanol–water partition coefficient (Wildman–Crippen LogP) is 2.80. The highest BCUT2D eigenvalue weighted by Gasteiger charge is 2.66. The summed E-state index contributed by atoms with van der Waals surface area (Å²) in [6.45, 7) is 13.8. The molecule has 1 aliphatic rings. The largest absolute Gasteiger partial charge is 0.327 e. The lowest BCUT2D eigenvalue weighted by molar-refractivity contribution is 0.251. The van der Waals surface area contributed by atoms with Crippen molar-refractivity contribution in [3.8, 4) is 0 Å². The van der Waals surface area contributed by atoms with E-state index in [0.29, 0.717) is 22.3 Å². The Balaban J connectivity index is 2.67. The fourth-order valence-electron chi connectivity index (χ4n) is 2.56. The van der Waals surface area contributed by atoms with Crippen LogP contribution in [0.4, 0.5) is 0 Å². The summed E-state index contributed by atoms with van der Waals surface area (Å²) in [6, 6.07) is 0.393. The minimum atomic E-state index is 0.348. The molecule has 1 rings (SSSR count). The van der Waals surface area contributed by atoms with Crippen LogP contribution in [-0.4, -0.2) is 6.04 Å². The third-order valence-corrected chi connectivity index (χ3v) is 3.75. The van der Waals surface area contributed by atoms with Crippen LogP contribution in [0.3, 0.4) is 0 Å². The monoisotopic (exact) mass is 169 g/mol. The Bertz CT molecular complexity index is 188. The molecular weight excluding hydrogens is 146 g/mol. The maximum absolute atomic E-state index is 6.09. The van der Waals surface area contributed by atoms with E-state index in [2.05, 4.69) is 41.5 Å². The van der Waals surface area contributed by atoms with E-state index < -0.39 is 0 Å². The second-order valence-corrected chi connectivity index (χ2v) is 6.35. The third-order valence-electron chi connectivity index (χ3n) is 3.75. The van der Waals surface area contributed by atoms with Gasteiger partial charge in [-0.3, -0.25) is 0 Å². The van der Waals surface area contributed by atoms with Crippen LogP contribution < -0.4 is 5.73 Å². The minimum absolute atomic E-state index is 0.348. The van der Waals surface area contributed by atoms with E-state index in [0.717, 1.165) is 0 Å². The maximum atomic E-state index is 6.09. The summed E-state index contributed by atoms with van der Waals surface area (Å²) in [4.78, 5) is 0. The minimum Gasteiger partial charge on any atom is -0.327 e. The van der Waals surface area contributed by atoms with Crippen molar-refractivity contribution in [2.45, 2.75) is 54.0 Å². The lowest BCUT2D eigenvalue weighted by Gasteiger charge is -2.25. The molecule has 12 heavy (non-hydrogen) atoms. The van der Waals surface area contributed by atoms with Crippen LogP contribution >= 0.6 is 0 Å². The Morgan fingerprint density at radius 2 is 1.50 bits per heavy atom. The molecule has 0 aromatic rings. The SMILES string of the molecule is CC(C)(C)CC1(C)C(N)C1(C)C. The van der Waals surface area contributed by atoms with Crippen molar-refractivity contribution in [1.82, 2.24) is 0 Å². The number of hydrogen-bond acceptors (Lipinski definition) is 1. The molecule has 0 saturated heterocycles. The Hall–Kier alpha value is -0.0400. The van der Waals surface area contributed by atoms with Crippen molar-refractivity contribution < 1.29 is 0 Å². The molecule has 1 fully saturated rings. The standard InChI is InChI=1S/C11H23N/c1-9(2,3)7-11(6)8(12)10(11,4)5/h8H,7,12H2,1-6H3. The van der Waals surface area contributed by atoms with Crippen molar-refractivity contribution in [1.29, 1.82) is 0 Å². The van der Waals surface area contributed by atoms with Gasteiger partial charge in [0.2, 0.25) is 0 Å². The highest BCUT2D eigenvalue weighted by Crippen LogP contribution is 2.65. The fourth-order valence-corrected chi connectivity index (χ4v) is 2.56. The van der Waals surface area contributed by atoms with Crippen molar-refractivity contribution >= 4 is 0 Å². The van der Waals surface area contributed by atoms with Gasteiger partial charge in [0, 0.05) is 6.04 Å². The summed E-state index contributed by atoms with van der Waals surface area (Å²) in [5.41, 5.74) is 7.20. The van der Waals surface area contributed by atoms with Gasteiger partial charge < -0.3 is 5.73 Å². The summed E-state index contributed by atoms with van der Waals surface area (Å²) in [5, 5.41) is 0. The Labute approximate surface area is 76.7 Å². The molecule has 0 amide bonds. The molecule has 2 atom stereocenters. The van der Waals surface area contributed by atoms with Crippen LogP contribution in [0, 0.1) is 16.2 Å². The normalized spacial score (nSPS) is 39.8. The van der Waals surface area contributed by atoms with E-state index in [1.165, 1.54) is 6.42 Å². The zero-order chi connectivity index (χ0) is 9.78. The van der Waals surface area contributed by atoms with Gasteiger partial charge in [0.25, 0.3) is 0 Å². The van der Waals surface area contributed by atoms with Crippen molar-refractivity contribution in [3.63, 3.8) is 0 Å². The van der Waals surface area contributed by atoms with E-state index in [9.17, 15) is 0 Å². The van der Waals surface area contributed by atoms with Crippen LogP contribution in [-0.2, 0) is 0 Å². The van der Waals surface area contributed by atoms with E-state index in [4.69, 9.17) is 5.73 Å². The first-order valence-electron chi connectivity index (χ1n) is 4.87. The summed E-state index contributed by atoms with van der Waals surface area (Å²) < 4.78 is 0. The van der Waals surface area contributed by atoms with Gasteiger partial charge in [0.05, 0.1) is 0 Å². The van der Waals surface area contributed by atoms with Gasteiger partial charge in [-0.15, -0.1) is 0 Å². The van der Waals surface area contributed by atoms with Gasteiger partial charge in [-0.05, 0) is 22.7 Å². The van der Waals surface area contributed by atoms with E-state index in [1.54, 1.807) is 0 Å². The lowest BCUT2D eigenvalue weighted by atomic mass is 9.80. The molecule has 1 saturated carbocycles. The molecule has 0 aliphatic heterocycles. The Morgan fingerprint density at radius 1 is 1.17 bits per heavy atom. The van der Waals surface area contributed by atoms with Crippen LogP contribution in [0.15, 0.2) is 0 Å². The molecule has 1 nitrogen and oxygen atoms in total. The van der Waals surface area contributed by atoms with E-state index in [-0.39, 0.29) is 0 Å². The Morgan fingerprint density at radius 3 is 1.58 bits per heavy atom. The first kappa shape index (κ1) is 10.0. The second-order valence-electron chi connectivity index (χ2n) is 6.35. The van der Waals surface area contributed by atoms with Crippen molar-refractivity contribution in [2.75, 3.05) is 0 Å². The maximum Gasteiger partial charge on any atom is 0.0156 e. The highest BCUT2D eigenvalue weighted by molar-refractivity contribution is 5.19. The van der Waals surface area contributed by atoms with Crippen LogP contribution in [0.25, 0.3) is 0 Å². The van der Waals surface area contributed by atoms with Gasteiger partial charge in [-0.25, -0.2) is 0 Å². The van der Waals surface area contributed by atoms with Gasteiger partial charge >= 0.3 is 0 Å². The molecule has 0 aromatic heterocycles. The summed E-state index contributed by atoms with van der Waals surface area (Å²) >= 11 is 0. The van der Waals surface area contributed by atoms with Crippen LogP contribution in [0.2, 0.25) is 0 Å². The van der Waals surface area contributed by atoms with Crippen LogP contribution in [0.5, 0.6) is 0 Å². The van der Waals surface area contributed by atoms with E-state index >= 15 is 0 Å². The average Bonchev–Trinajstić information content (AvgIpc) is 2.10. The van der Waals surface area contributed by atoms with Gasteiger partial charge in [-0.1, -0.05) is 41.5 Å². The highest BCUT2D eigenvalue weighted by atomic mass is 14.9. The van der Waals surface area contributed by atoms with Gasteiger partial charge in [0.1, 0.15) is 0 Å². The molecule has 1 aliphatic carbocycles. The topological polar surface area (TPSA) is 26.0 Å². The van der Waals surface area contributed by atoms with Crippen molar-refractivity contribution in [3.05, 3.63) is 0 Å². The molecule has 72 valence electrons. The third kappa shape index (κ3) is 1.28. The first-order valence-corrected chi connectivity index (χ1v) is 4.87.